The summed E-state index contributed by atoms with van der Waals surface area (Å²) in [6, 6.07) is 6.31. The summed E-state index contributed by atoms with van der Waals surface area (Å²) in [5.74, 6) is 0.0881. The summed E-state index contributed by atoms with van der Waals surface area (Å²) >= 11 is 0. The number of hydrogen-bond donors (Lipinski definition) is 3. The summed E-state index contributed by atoms with van der Waals surface area (Å²) < 4.78 is 5.97. The molecule has 1 aromatic carbocycles. The molecule has 1 aliphatic rings. The maximum Gasteiger partial charge on any atom is 0.240 e. The molecule has 160 valence electrons. The minimum Gasteiger partial charge on any atom is -0.492 e. The maximum absolute atomic E-state index is 12.1. The molecule has 1 heterocycles. The molecule has 0 spiro atoms. The second-order valence-electron chi connectivity index (χ2n) is 7.15. The van der Waals surface area contributed by atoms with Gasteiger partial charge in [0.15, 0.2) is 0 Å². The maximum atomic E-state index is 12.1. The summed E-state index contributed by atoms with van der Waals surface area (Å²) in [6.45, 7) is 3.59. The van der Waals surface area contributed by atoms with E-state index >= 15 is 0 Å². The van der Waals surface area contributed by atoms with Gasteiger partial charge in [-0.15, -0.1) is 0 Å². The van der Waals surface area contributed by atoms with Crippen molar-refractivity contribution < 1.29 is 19.1 Å². The minimum absolute atomic E-state index is 0.0858. The van der Waals surface area contributed by atoms with Crippen molar-refractivity contribution in [3.63, 3.8) is 0 Å². The Labute approximate surface area is 172 Å². The van der Waals surface area contributed by atoms with Crippen LogP contribution >= 0.6 is 0 Å². The molecule has 3 N–H and O–H groups in total. The Balaban J connectivity index is 2.00. The van der Waals surface area contributed by atoms with Crippen molar-refractivity contribution in [3.8, 4) is 5.75 Å². The molecule has 8 nitrogen and oxygen atoms in total. The van der Waals surface area contributed by atoms with Gasteiger partial charge in [0, 0.05) is 20.1 Å². The van der Waals surface area contributed by atoms with E-state index in [0.717, 1.165) is 37.0 Å². The van der Waals surface area contributed by atoms with Crippen molar-refractivity contribution >= 4 is 17.7 Å². The smallest absolute Gasteiger partial charge is 0.240 e. The molecule has 0 fully saturated rings. The predicted molar refractivity (Wildman–Crippen MR) is 111 cm³/mol. The van der Waals surface area contributed by atoms with Crippen LogP contribution in [0.15, 0.2) is 18.2 Å². The summed E-state index contributed by atoms with van der Waals surface area (Å²) in [5.41, 5.74) is 2.37. The van der Waals surface area contributed by atoms with Crippen molar-refractivity contribution in [1.29, 1.82) is 0 Å². The normalized spacial score (nSPS) is 18.4. The van der Waals surface area contributed by atoms with Crippen LogP contribution in [0.4, 0.5) is 0 Å². The number of carbonyl (C=O) groups excluding carboxylic acids is 3. The molecule has 0 aromatic heterocycles. The number of likely N-dealkylation sites (N-methyl/N-ethyl adjacent to an activating group) is 1. The molecule has 1 aromatic rings. The third kappa shape index (κ3) is 8.11. The number of aryl methyl sites for hydroxylation is 2. The zero-order valence-corrected chi connectivity index (χ0v) is 17.4. The molecule has 1 aliphatic heterocycles. The van der Waals surface area contributed by atoms with Gasteiger partial charge in [0.05, 0.1) is 19.6 Å². The second kappa shape index (κ2) is 12.1. The van der Waals surface area contributed by atoms with E-state index in [1.54, 1.807) is 7.05 Å². The van der Waals surface area contributed by atoms with Crippen LogP contribution in [-0.4, -0.2) is 69.0 Å². The van der Waals surface area contributed by atoms with Crippen molar-refractivity contribution in [2.45, 2.75) is 32.6 Å². The highest BCUT2D eigenvalue weighted by atomic mass is 16.5. The number of fused-ring (bicyclic) bond motifs is 1. The van der Waals surface area contributed by atoms with Crippen molar-refractivity contribution in [3.05, 3.63) is 29.3 Å². The third-order valence-electron chi connectivity index (χ3n) is 4.80. The van der Waals surface area contributed by atoms with Gasteiger partial charge in [-0.1, -0.05) is 19.1 Å². The summed E-state index contributed by atoms with van der Waals surface area (Å²) in [6.07, 6.45) is 3.57. The first-order valence-corrected chi connectivity index (χ1v) is 10.2. The van der Waals surface area contributed by atoms with Gasteiger partial charge in [-0.05, 0) is 42.9 Å². The van der Waals surface area contributed by atoms with E-state index in [0.29, 0.717) is 19.7 Å². The molecular weight excluding hydrogens is 372 g/mol. The molecule has 2 rings (SSSR count). The second-order valence-corrected chi connectivity index (χ2v) is 7.15. The summed E-state index contributed by atoms with van der Waals surface area (Å²) in [5, 5.41) is 8.39. The van der Waals surface area contributed by atoms with Crippen LogP contribution in [0.25, 0.3) is 0 Å². The standard InChI is InChI=1S/C21H32N4O4/c1-3-16-7-8-17-6-4-5-9-23-19(26)13-24-20(27)15-25(2)21(28)14-22-10-11-29-18(17)12-16/h7-8,12,22H,3-6,9-11,13-15H2,1-2H3,(H,23,26)(H,24,27). The average molecular weight is 405 g/mol. The van der Waals surface area contributed by atoms with E-state index < -0.39 is 0 Å². The van der Waals surface area contributed by atoms with Gasteiger partial charge in [-0.3, -0.25) is 14.4 Å². The van der Waals surface area contributed by atoms with Crippen LogP contribution in [0.3, 0.4) is 0 Å². The van der Waals surface area contributed by atoms with Crippen LogP contribution in [-0.2, 0) is 27.2 Å². The Kier molecular flexibility index (Phi) is 9.43. The molecule has 0 saturated carbocycles. The molecule has 29 heavy (non-hydrogen) atoms. The van der Waals surface area contributed by atoms with E-state index in [1.165, 1.54) is 10.5 Å². The highest BCUT2D eigenvalue weighted by Crippen LogP contribution is 2.23. The van der Waals surface area contributed by atoms with E-state index in [2.05, 4.69) is 41.1 Å². The summed E-state index contributed by atoms with van der Waals surface area (Å²) in [7, 11) is 1.56. The molecule has 0 radical (unpaired) electrons. The molecular formula is C21H32N4O4. The fraction of sp³-hybridized carbons (Fsp3) is 0.571. The van der Waals surface area contributed by atoms with Gasteiger partial charge in [-0.25, -0.2) is 0 Å². The molecule has 0 atom stereocenters. The van der Waals surface area contributed by atoms with Crippen molar-refractivity contribution in [1.82, 2.24) is 20.9 Å². The first-order chi connectivity index (χ1) is 14.0. The van der Waals surface area contributed by atoms with E-state index in [1.807, 2.05) is 0 Å². The number of rotatable bonds is 1. The van der Waals surface area contributed by atoms with Crippen LogP contribution in [0.5, 0.6) is 5.75 Å². The van der Waals surface area contributed by atoms with Gasteiger partial charge in [0.25, 0.3) is 0 Å². The van der Waals surface area contributed by atoms with Gasteiger partial charge in [0.2, 0.25) is 17.7 Å². The van der Waals surface area contributed by atoms with Crippen LogP contribution < -0.4 is 20.7 Å². The Bertz CT molecular complexity index is 708. The lowest BCUT2D eigenvalue weighted by molar-refractivity contribution is -0.134. The molecule has 0 unspecified atom stereocenters. The Morgan fingerprint density at radius 3 is 2.66 bits per heavy atom. The van der Waals surface area contributed by atoms with Crippen molar-refractivity contribution in [2.24, 2.45) is 0 Å². The van der Waals surface area contributed by atoms with Gasteiger partial charge < -0.3 is 25.6 Å². The quantitative estimate of drug-likeness (QED) is 0.623. The SMILES string of the molecule is CCc1ccc2c(c1)OCCNCC(=O)N(C)CC(=O)NCC(=O)NCCCC2. The molecule has 3 amide bonds. The number of hydrogen-bond acceptors (Lipinski definition) is 5. The number of nitrogens with one attached hydrogen (secondary N) is 3. The monoisotopic (exact) mass is 404 g/mol. The fourth-order valence-electron chi connectivity index (χ4n) is 2.99. The fourth-order valence-corrected chi connectivity index (χ4v) is 2.99. The van der Waals surface area contributed by atoms with Crippen LogP contribution in [0.1, 0.15) is 30.9 Å². The summed E-state index contributed by atoms with van der Waals surface area (Å²) in [4.78, 5) is 37.2. The number of carbonyl (C=O) groups is 3. The molecule has 0 aliphatic carbocycles. The first-order valence-electron chi connectivity index (χ1n) is 10.2. The highest BCUT2D eigenvalue weighted by molar-refractivity contribution is 5.88. The zero-order valence-electron chi connectivity index (χ0n) is 17.4. The number of benzene rings is 1. The van der Waals surface area contributed by atoms with E-state index in [-0.39, 0.29) is 37.4 Å². The molecule has 0 saturated heterocycles. The van der Waals surface area contributed by atoms with Crippen LogP contribution in [0.2, 0.25) is 0 Å². The number of amides is 3. The predicted octanol–water partition coefficient (Wildman–Crippen LogP) is 0.245. The minimum atomic E-state index is -0.362. The zero-order chi connectivity index (χ0) is 21.1. The van der Waals surface area contributed by atoms with Crippen molar-refractivity contribution in [2.75, 3.05) is 46.4 Å². The Hall–Kier alpha value is -2.61. The van der Waals surface area contributed by atoms with Gasteiger partial charge in [-0.2, -0.15) is 0 Å². The lowest BCUT2D eigenvalue weighted by Crippen LogP contribution is -2.44. The number of ether oxygens (including phenoxy) is 1. The molecule has 0 bridgehead atoms. The molecule has 8 heteroatoms. The third-order valence-corrected chi connectivity index (χ3v) is 4.80. The Morgan fingerprint density at radius 2 is 1.86 bits per heavy atom. The highest BCUT2D eigenvalue weighted by Gasteiger charge is 2.14. The van der Waals surface area contributed by atoms with E-state index in [4.69, 9.17) is 4.74 Å². The topological polar surface area (TPSA) is 99.8 Å². The Morgan fingerprint density at radius 1 is 1.03 bits per heavy atom. The lowest BCUT2D eigenvalue weighted by Gasteiger charge is -2.17. The van der Waals surface area contributed by atoms with Gasteiger partial charge in [0.1, 0.15) is 12.4 Å². The lowest BCUT2D eigenvalue weighted by atomic mass is 10.0. The van der Waals surface area contributed by atoms with E-state index in [9.17, 15) is 14.4 Å². The average Bonchev–Trinajstić information content (AvgIpc) is 2.71. The van der Waals surface area contributed by atoms with Gasteiger partial charge >= 0.3 is 0 Å². The largest absolute Gasteiger partial charge is 0.492 e. The van der Waals surface area contributed by atoms with Crippen LogP contribution in [0, 0.1) is 0 Å². The number of nitrogens with zero attached hydrogens (tertiary/aromatic N) is 1. The first kappa shape index (κ1) is 22.7.